The summed E-state index contributed by atoms with van der Waals surface area (Å²) in [6, 6.07) is 10.6. The highest BCUT2D eigenvalue weighted by atomic mass is 16.4. The van der Waals surface area contributed by atoms with E-state index >= 15 is 0 Å². The van der Waals surface area contributed by atoms with Gasteiger partial charge in [0.25, 0.3) is 0 Å². The van der Waals surface area contributed by atoms with Crippen LogP contribution < -0.4 is 5.32 Å². The van der Waals surface area contributed by atoms with Crippen LogP contribution in [-0.2, 0) is 11.3 Å². The second-order valence-corrected chi connectivity index (χ2v) is 6.10. The molecule has 1 aliphatic rings. The van der Waals surface area contributed by atoms with Gasteiger partial charge in [-0.3, -0.25) is 15.0 Å². The number of carboxylic acid groups (broad SMARTS) is 1. The normalized spacial score (nSPS) is 20.1. The Morgan fingerprint density at radius 2 is 1.95 bits per heavy atom. The number of likely N-dealkylation sites (tertiary alicyclic amines) is 1. The molecule has 1 atom stereocenters. The van der Waals surface area contributed by atoms with E-state index in [1.807, 2.05) is 18.2 Å². The molecule has 1 heterocycles. The second-order valence-electron chi connectivity index (χ2n) is 6.10. The molecule has 0 radical (unpaired) electrons. The van der Waals surface area contributed by atoms with Gasteiger partial charge in [0.05, 0.1) is 0 Å². The average Bonchev–Trinajstić information content (AvgIpc) is 2.50. The Morgan fingerprint density at radius 1 is 1.33 bits per heavy atom. The molecule has 2 N–H and O–H groups in total. The Morgan fingerprint density at radius 3 is 2.48 bits per heavy atom. The van der Waals surface area contributed by atoms with Gasteiger partial charge in [-0.25, -0.2) is 0 Å². The third-order valence-corrected chi connectivity index (χ3v) is 4.50. The molecule has 4 nitrogen and oxygen atoms in total. The summed E-state index contributed by atoms with van der Waals surface area (Å²) in [7, 11) is 0. The van der Waals surface area contributed by atoms with Crippen LogP contribution >= 0.6 is 0 Å². The Hall–Kier alpha value is -1.39. The van der Waals surface area contributed by atoms with E-state index < -0.39 is 11.5 Å². The number of piperidine rings is 1. The highest BCUT2D eigenvalue weighted by molar-refractivity contribution is 5.79. The molecule has 1 aromatic rings. The number of nitrogens with one attached hydrogen (secondary N) is 1. The highest BCUT2D eigenvalue weighted by Gasteiger charge is 2.41. The maximum Gasteiger partial charge on any atom is 0.324 e. The summed E-state index contributed by atoms with van der Waals surface area (Å²) in [6.45, 7) is 6.69. The van der Waals surface area contributed by atoms with Crippen LogP contribution in [0.15, 0.2) is 30.3 Å². The third kappa shape index (κ3) is 4.05. The smallest absolute Gasteiger partial charge is 0.324 e. The Bertz CT molecular complexity index is 453. The Kier molecular flexibility index (Phi) is 5.37. The molecule has 4 heteroatoms. The predicted molar refractivity (Wildman–Crippen MR) is 84.2 cm³/mol. The van der Waals surface area contributed by atoms with Crippen LogP contribution in [0.5, 0.6) is 0 Å². The minimum absolute atomic E-state index is 0.238. The van der Waals surface area contributed by atoms with Gasteiger partial charge >= 0.3 is 5.97 Å². The number of hydrogen-bond donors (Lipinski definition) is 2. The third-order valence-electron chi connectivity index (χ3n) is 4.50. The van der Waals surface area contributed by atoms with Gasteiger partial charge in [0, 0.05) is 25.7 Å². The summed E-state index contributed by atoms with van der Waals surface area (Å²) in [5, 5.41) is 13.0. The van der Waals surface area contributed by atoms with Crippen molar-refractivity contribution in [1.29, 1.82) is 0 Å². The summed E-state index contributed by atoms with van der Waals surface area (Å²) in [6.07, 6.45) is 2.28. The number of nitrogens with zero attached hydrogens (tertiary/aromatic N) is 1. The summed E-state index contributed by atoms with van der Waals surface area (Å²) in [5.41, 5.74) is 0.540. The number of aliphatic carboxylic acids is 1. The standard InChI is InChI=1S/C17H26N2O2/c1-3-14(2)18-17(16(20)21)9-11-19(12-10-17)13-15-7-5-4-6-8-15/h4-8,14,18H,3,9-13H2,1-2H3,(H,20,21). The van der Waals surface area contributed by atoms with E-state index in [-0.39, 0.29) is 6.04 Å². The lowest BCUT2D eigenvalue weighted by atomic mass is 9.86. The minimum atomic E-state index is -0.747. The van der Waals surface area contributed by atoms with Crippen LogP contribution in [0.25, 0.3) is 0 Å². The zero-order chi connectivity index (χ0) is 15.3. The van der Waals surface area contributed by atoms with Gasteiger partial charge in [0.2, 0.25) is 0 Å². The first kappa shape index (κ1) is 16.0. The van der Waals surface area contributed by atoms with E-state index in [1.165, 1.54) is 5.56 Å². The molecule has 1 fully saturated rings. The number of carboxylic acids is 1. The molecule has 2 rings (SSSR count). The van der Waals surface area contributed by atoms with Crippen molar-refractivity contribution in [3.8, 4) is 0 Å². The minimum Gasteiger partial charge on any atom is -0.480 e. The molecule has 1 aromatic carbocycles. The van der Waals surface area contributed by atoms with Crippen LogP contribution in [0.4, 0.5) is 0 Å². The van der Waals surface area contributed by atoms with Crippen LogP contribution in [0.2, 0.25) is 0 Å². The number of rotatable bonds is 6. The van der Waals surface area contributed by atoms with Crippen LogP contribution in [0.3, 0.4) is 0 Å². The predicted octanol–water partition coefficient (Wildman–Crippen LogP) is 2.49. The number of carbonyl (C=O) groups is 1. The molecule has 1 saturated heterocycles. The molecule has 1 aliphatic heterocycles. The number of hydrogen-bond acceptors (Lipinski definition) is 3. The molecule has 0 amide bonds. The first-order valence-corrected chi connectivity index (χ1v) is 7.83. The van der Waals surface area contributed by atoms with Crippen molar-refractivity contribution in [2.24, 2.45) is 0 Å². The lowest BCUT2D eigenvalue weighted by molar-refractivity contribution is -0.147. The maximum atomic E-state index is 11.7. The van der Waals surface area contributed by atoms with Crippen LogP contribution in [0, 0.1) is 0 Å². The van der Waals surface area contributed by atoms with E-state index in [9.17, 15) is 9.90 Å². The van der Waals surface area contributed by atoms with Gasteiger partial charge in [-0.15, -0.1) is 0 Å². The van der Waals surface area contributed by atoms with Crippen molar-refractivity contribution in [1.82, 2.24) is 10.2 Å². The largest absolute Gasteiger partial charge is 0.480 e. The van der Waals surface area contributed by atoms with Crippen LogP contribution in [0.1, 0.15) is 38.7 Å². The second kappa shape index (κ2) is 7.05. The quantitative estimate of drug-likeness (QED) is 0.845. The van der Waals surface area contributed by atoms with Gasteiger partial charge in [-0.1, -0.05) is 37.3 Å². The van der Waals surface area contributed by atoms with E-state index in [4.69, 9.17) is 0 Å². The molecule has 0 aromatic heterocycles. The molecular weight excluding hydrogens is 264 g/mol. The monoisotopic (exact) mass is 290 g/mol. The SMILES string of the molecule is CCC(C)NC1(C(=O)O)CCN(Cc2ccccc2)CC1. The average molecular weight is 290 g/mol. The first-order chi connectivity index (χ1) is 10.1. The van der Waals surface area contributed by atoms with Crippen molar-refractivity contribution in [3.63, 3.8) is 0 Å². The van der Waals surface area contributed by atoms with Crippen molar-refractivity contribution >= 4 is 5.97 Å². The highest BCUT2D eigenvalue weighted by Crippen LogP contribution is 2.25. The molecule has 0 bridgehead atoms. The lowest BCUT2D eigenvalue weighted by Crippen LogP contribution is -2.60. The molecule has 0 spiro atoms. The molecule has 116 valence electrons. The van der Waals surface area contributed by atoms with Gasteiger partial charge in [-0.05, 0) is 31.7 Å². The van der Waals surface area contributed by atoms with Crippen molar-refractivity contribution in [2.75, 3.05) is 13.1 Å². The van der Waals surface area contributed by atoms with Gasteiger partial charge in [-0.2, -0.15) is 0 Å². The number of benzene rings is 1. The Balaban J connectivity index is 1.95. The maximum absolute atomic E-state index is 11.7. The summed E-state index contributed by atoms with van der Waals surface area (Å²) in [5.74, 6) is -0.706. The molecular formula is C17H26N2O2. The Labute approximate surface area is 127 Å². The molecule has 0 saturated carbocycles. The summed E-state index contributed by atoms with van der Waals surface area (Å²) < 4.78 is 0. The van der Waals surface area contributed by atoms with Gasteiger partial charge < -0.3 is 5.11 Å². The van der Waals surface area contributed by atoms with E-state index in [0.717, 1.165) is 26.1 Å². The van der Waals surface area contributed by atoms with E-state index in [0.29, 0.717) is 12.8 Å². The lowest BCUT2D eigenvalue weighted by Gasteiger charge is -2.41. The fourth-order valence-corrected chi connectivity index (χ4v) is 2.93. The zero-order valence-corrected chi connectivity index (χ0v) is 13.0. The fraction of sp³-hybridized carbons (Fsp3) is 0.588. The topological polar surface area (TPSA) is 52.6 Å². The van der Waals surface area contributed by atoms with Gasteiger partial charge in [0.1, 0.15) is 5.54 Å². The molecule has 21 heavy (non-hydrogen) atoms. The van der Waals surface area contributed by atoms with E-state index in [1.54, 1.807) is 0 Å². The molecule has 0 aliphatic carbocycles. The summed E-state index contributed by atoms with van der Waals surface area (Å²) >= 11 is 0. The fourth-order valence-electron chi connectivity index (χ4n) is 2.93. The molecule has 1 unspecified atom stereocenters. The van der Waals surface area contributed by atoms with Crippen molar-refractivity contribution in [2.45, 2.75) is 51.2 Å². The first-order valence-electron chi connectivity index (χ1n) is 7.83. The summed E-state index contributed by atoms with van der Waals surface area (Å²) in [4.78, 5) is 14.1. The van der Waals surface area contributed by atoms with Crippen LogP contribution in [-0.4, -0.2) is 40.6 Å². The van der Waals surface area contributed by atoms with Gasteiger partial charge in [0.15, 0.2) is 0 Å². The zero-order valence-electron chi connectivity index (χ0n) is 13.0. The van der Waals surface area contributed by atoms with Crippen molar-refractivity contribution < 1.29 is 9.90 Å². The van der Waals surface area contributed by atoms with Crippen molar-refractivity contribution in [3.05, 3.63) is 35.9 Å². The van der Waals surface area contributed by atoms with E-state index in [2.05, 4.69) is 36.2 Å².